The van der Waals surface area contributed by atoms with E-state index < -0.39 is 5.97 Å². The number of aromatic nitrogens is 2. The summed E-state index contributed by atoms with van der Waals surface area (Å²) in [4.78, 5) is 52.7. The monoisotopic (exact) mass is 892 g/mol. The fraction of sp³-hybridized carbons (Fsp3) is 0.174. The zero-order valence-corrected chi connectivity index (χ0v) is 35.5. The molecule has 6 heterocycles. The number of amides is 1. The topological polar surface area (TPSA) is 249 Å². The molecule has 0 bridgehead atoms. The third kappa shape index (κ3) is 12.2. The number of nitrogens with two attached hydrogens (primary N) is 3. The molecule has 2 aromatic carbocycles. The van der Waals surface area contributed by atoms with Crippen molar-refractivity contribution in [2.24, 2.45) is 5.73 Å². The second-order valence-electron chi connectivity index (χ2n) is 14.2. The van der Waals surface area contributed by atoms with E-state index in [4.69, 9.17) is 63.8 Å². The Labute approximate surface area is 371 Å². The van der Waals surface area contributed by atoms with Gasteiger partial charge in [0.25, 0.3) is 0 Å². The van der Waals surface area contributed by atoms with Gasteiger partial charge in [0.15, 0.2) is 23.1 Å². The molecule has 8 rings (SSSR count). The molecule has 0 radical (unpaired) electrons. The number of carboxylic acid groups (broad SMARTS) is 1. The van der Waals surface area contributed by atoms with Gasteiger partial charge < -0.3 is 45.9 Å². The van der Waals surface area contributed by atoms with E-state index in [2.05, 4.69) is 15.3 Å². The predicted molar refractivity (Wildman–Crippen MR) is 240 cm³/mol. The molecule has 17 heteroatoms. The van der Waals surface area contributed by atoms with Gasteiger partial charge in [-0.15, -0.1) is 0 Å². The van der Waals surface area contributed by atoms with Crippen LogP contribution in [0.15, 0.2) is 106 Å². The Morgan fingerprint density at radius 1 is 0.714 bits per heavy atom. The average Bonchev–Trinajstić information content (AvgIpc) is 4.09. The van der Waals surface area contributed by atoms with Crippen LogP contribution in [0.4, 0.5) is 11.6 Å². The number of carbonyl (C=O) groups excluding carboxylic acids is 3. The molecule has 0 saturated carbocycles. The number of Topliss-reactive ketones (excluding diaryl/α,β-unsaturated/α-hetero) is 2. The van der Waals surface area contributed by atoms with E-state index in [1.54, 1.807) is 72.9 Å². The van der Waals surface area contributed by atoms with Crippen LogP contribution in [-0.4, -0.2) is 63.8 Å². The van der Waals surface area contributed by atoms with Crippen molar-refractivity contribution < 1.29 is 42.6 Å². The van der Waals surface area contributed by atoms with Crippen molar-refractivity contribution in [2.45, 2.75) is 38.9 Å². The standard InChI is InChI=1S/C23H20ClN3O4.C15H14ClNO3.C8H8N2O2/c1-13(28)19-4-5-20(31-19)15-8-16-9-17(30-23(16)18(24)10-15)12-27-22(29)7-3-14-2-6-21(25)26-11-14;1-8(18)13-2-3-14(20-13)9-4-10-5-11(7-17)19-15(10)12(16)6-9;9-7-3-1-6(5-10-7)2-4-8(11)12/h2-8,10-11,17H,9,12H2,1H3,(H2,25,26)(H,27,29);2-4,6,11H,5,7,17H2,1H3;1-5H,(H2,9,10)(H,11,12)/b7-3+;;4-2+. The van der Waals surface area contributed by atoms with Gasteiger partial charge in [0.1, 0.15) is 46.9 Å². The molecule has 2 unspecified atom stereocenters. The van der Waals surface area contributed by atoms with E-state index in [0.29, 0.717) is 81.3 Å². The first-order chi connectivity index (χ1) is 30.1. The Morgan fingerprint density at radius 3 is 1.62 bits per heavy atom. The third-order valence-corrected chi connectivity index (χ3v) is 9.97. The number of pyridine rings is 2. The summed E-state index contributed by atoms with van der Waals surface area (Å²) in [5.74, 6) is 2.51. The lowest BCUT2D eigenvalue weighted by Gasteiger charge is -2.11. The van der Waals surface area contributed by atoms with E-state index in [1.807, 2.05) is 12.1 Å². The van der Waals surface area contributed by atoms with Gasteiger partial charge in [0.2, 0.25) is 5.91 Å². The highest BCUT2D eigenvalue weighted by atomic mass is 35.5. The molecule has 8 N–H and O–H groups in total. The molecule has 0 fully saturated rings. The minimum Gasteiger partial charge on any atom is -0.487 e. The van der Waals surface area contributed by atoms with Gasteiger partial charge in [-0.3, -0.25) is 14.4 Å². The molecular formula is C46H42Cl2N6O9. The maximum atomic E-state index is 12.1. The number of anilines is 2. The zero-order valence-electron chi connectivity index (χ0n) is 34.0. The van der Waals surface area contributed by atoms with Crippen molar-refractivity contribution >= 4 is 70.4 Å². The second kappa shape index (κ2) is 20.6. The Morgan fingerprint density at radius 2 is 1.19 bits per heavy atom. The Hall–Kier alpha value is -7.20. The minimum absolute atomic E-state index is 0.0258. The van der Waals surface area contributed by atoms with Crippen LogP contribution in [0.5, 0.6) is 11.5 Å². The number of furan rings is 2. The van der Waals surface area contributed by atoms with Crippen molar-refractivity contribution in [1.29, 1.82) is 0 Å². The lowest BCUT2D eigenvalue weighted by molar-refractivity contribution is -0.131. The first-order valence-electron chi connectivity index (χ1n) is 19.4. The molecule has 0 spiro atoms. The van der Waals surface area contributed by atoms with Gasteiger partial charge in [-0.25, -0.2) is 14.8 Å². The molecule has 4 aromatic heterocycles. The van der Waals surface area contributed by atoms with Crippen LogP contribution >= 0.6 is 23.2 Å². The highest BCUT2D eigenvalue weighted by molar-refractivity contribution is 6.33. The van der Waals surface area contributed by atoms with Crippen molar-refractivity contribution in [3.05, 3.63) is 141 Å². The maximum absolute atomic E-state index is 12.1. The van der Waals surface area contributed by atoms with E-state index in [0.717, 1.165) is 40.3 Å². The number of nitrogen functional groups attached to an aromatic ring is 2. The van der Waals surface area contributed by atoms with Crippen LogP contribution in [-0.2, 0) is 22.4 Å². The van der Waals surface area contributed by atoms with Crippen LogP contribution in [0, 0.1) is 0 Å². The second-order valence-corrected chi connectivity index (χ2v) is 15.1. The molecule has 2 atom stereocenters. The van der Waals surface area contributed by atoms with Crippen molar-refractivity contribution in [1.82, 2.24) is 15.3 Å². The fourth-order valence-corrected chi connectivity index (χ4v) is 6.88. The van der Waals surface area contributed by atoms with E-state index >= 15 is 0 Å². The summed E-state index contributed by atoms with van der Waals surface area (Å²) in [7, 11) is 0. The summed E-state index contributed by atoms with van der Waals surface area (Å²) in [6.45, 7) is 3.71. The lowest BCUT2D eigenvalue weighted by atomic mass is 10.0. The minimum atomic E-state index is -0.980. The lowest BCUT2D eigenvalue weighted by Crippen LogP contribution is -2.33. The summed E-state index contributed by atoms with van der Waals surface area (Å²) in [6, 6.07) is 21.0. The fourth-order valence-electron chi connectivity index (χ4n) is 6.31. The number of nitrogens with one attached hydrogen (secondary N) is 1. The van der Waals surface area contributed by atoms with Gasteiger partial charge in [0, 0.05) is 80.0 Å². The van der Waals surface area contributed by atoms with Gasteiger partial charge in [-0.2, -0.15) is 0 Å². The number of fused-ring (bicyclic) bond motifs is 2. The van der Waals surface area contributed by atoms with Crippen molar-refractivity contribution in [2.75, 3.05) is 24.6 Å². The quantitative estimate of drug-likeness (QED) is 0.0617. The van der Waals surface area contributed by atoms with Gasteiger partial charge in [-0.1, -0.05) is 23.2 Å². The summed E-state index contributed by atoms with van der Waals surface area (Å²) in [5, 5.41) is 12.1. The molecule has 15 nitrogen and oxygen atoms in total. The highest BCUT2D eigenvalue weighted by Gasteiger charge is 2.28. The van der Waals surface area contributed by atoms with Crippen LogP contribution in [0.2, 0.25) is 10.0 Å². The first kappa shape index (κ1) is 45.3. The largest absolute Gasteiger partial charge is 0.487 e. The maximum Gasteiger partial charge on any atom is 0.328 e. The molecule has 2 aliphatic rings. The van der Waals surface area contributed by atoms with E-state index in [-0.39, 0.29) is 29.7 Å². The van der Waals surface area contributed by atoms with E-state index in [9.17, 15) is 19.2 Å². The van der Waals surface area contributed by atoms with Gasteiger partial charge in [0.05, 0.1) is 16.6 Å². The first-order valence-corrected chi connectivity index (χ1v) is 20.1. The molecule has 324 valence electrons. The van der Waals surface area contributed by atoms with Crippen LogP contribution in [0.1, 0.15) is 57.2 Å². The molecule has 0 aliphatic carbocycles. The number of rotatable bonds is 11. The number of carbonyl (C=O) groups is 4. The van der Waals surface area contributed by atoms with Crippen molar-refractivity contribution in [3.8, 4) is 34.1 Å². The van der Waals surface area contributed by atoms with Crippen molar-refractivity contribution in [3.63, 3.8) is 0 Å². The summed E-state index contributed by atoms with van der Waals surface area (Å²) in [5.41, 5.74) is 21.5. The van der Waals surface area contributed by atoms with E-state index in [1.165, 1.54) is 32.2 Å². The normalized spacial score (nSPS) is 14.7. The number of aliphatic carboxylic acids is 1. The Kier molecular flexibility index (Phi) is 14.8. The molecule has 2 aliphatic heterocycles. The SMILES string of the molecule is CC(=O)c1ccc(-c2cc(Cl)c3c(c2)CC(CN)O3)o1.CC(=O)c1ccc(-c2cc(Cl)c3c(c2)CC(CNC(=O)/C=C/c2ccc(N)nc2)O3)o1.Nc1ccc(/C=C/C(=O)O)cn1. The smallest absolute Gasteiger partial charge is 0.328 e. The molecule has 63 heavy (non-hydrogen) atoms. The Bertz CT molecular complexity index is 2690. The Balaban J connectivity index is 0.000000176. The number of nitrogens with zero attached hydrogens (tertiary/aromatic N) is 2. The van der Waals surface area contributed by atoms with Crippen LogP contribution in [0.3, 0.4) is 0 Å². The van der Waals surface area contributed by atoms with Gasteiger partial charge in [-0.05, 0) is 96.1 Å². The number of benzene rings is 2. The predicted octanol–water partition coefficient (Wildman–Crippen LogP) is 7.74. The average molecular weight is 894 g/mol. The van der Waals surface area contributed by atoms with Crippen LogP contribution < -0.4 is 32.0 Å². The summed E-state index contributed by atoms with van der Waals surface area (Å²) in [6.07, 6.45) is 9.77. The molecule has 0 saturated heterocycles. The summed E-state index contributed by atoms with van der Waals surface area (Å²) < 4.78 is 22.7. The number of ether oxygens (including phenoxy) is 2. The number of halogens is 2. The molecule has 1 amide bonds. The zero-order chi connectivity index (χ0) is 45.2. The molecular weight excluding hydrogens is 851 g/mol. The highest BCUT2D eigenvalue weighted by Crippen LogP contribution is 2.41. The molecule has 6 aromatic rings. The third-order valence-electron chi connectivity index (χ3n) is 9.41. The number of ketones is 2. The number of carboxylic acids is 1. The number of hydrogen-bond donors (Lipinski definition) is 5. The number of hydrogen-bond acceptors (Lipinski definition) is 13. The van der Waals surface area contributed by atoms with Gasteiger partial charge >= 0.3 is 5.97 Å². The summed E-state index contributed by atoms with van der Waals surface area (Å²) >= 11 is 12.6. The van der Waals surface area contributed by atoms with Crippen LogP contribution in [0.25, 0.3) is 34.8 Å².